The number of rotatable bonds is 2. The van der Waals surface area contributed by atoms with Gasteiger partial charge in [0.25, 0.3) is 0 Å². The van der Waals surface area contributed by atoms with Crippen LogP contribution in [0.2, 0.25) is 0 Å². The minimum atomic E-state index is -0.667. The second kappa shape index (κ2) is 2.60. The van der Waals surface area contributed by atoms with E-state index in [1.165, 1.54) is 0 Å². The fraction of sp³-hybridized carbons (Fsp3) is 0.833. The topological polar surface area (TPSA) is 43.1 Å². The maximum atomic E-state index is 10.6. The molecule has 2 nitrogen and oxygen atoms in total. The van der Waals surface area contributed by atoms with Crippen LogP contribution in [-0.2, 0) is 4.79 Å². The van der Waals surface area contributed by atoms with Gasteiger partial charge in [-0.1, -0.05) is 13.8 Å². The van der Waals surface area contributed by atoms with Crippen molar-refractivity contribution >= 4 is 18.5 Å². The first kappa shape index (κ1) is 8.82. The molecule has 9 heavy (non-hydrogen) atoms. The van der Waals surface area contributed by atoms with Gasteiger partial charge in [-0.15, -0.1) is 0 Å². The van der Waals surface area contributed by atoms with E-state index in [0.29, 0.717) is 0 Å². The number of carbonyl (C=O) groups is 1. The van der Waals surface area contributed by atoms with Gasteiger partial charge in [0.2, 0.25) is 5.91 Å². The fourth-order valence-corrected chi connectivity index (χ4v) is 0.285. The molecule has 1 atom stereocenters. The van der Waals surface area contributed by atoms with Crippen LogP contribution in [0.5, 0.6) is 0 Å². The summed E-state index contributed by atoms with van der Waals surface area (Å²) in [6.07, 6.45) is 0. The Hall–Kier alpha value is -0.180. The molecule has 0 unspecified atom stereocenters. The number of primary amides is 1. The second-order valence-corrected chi connectivity index (χ2v) is 3.60. The Morgan fingerprint density at radius 3 is 2.00 bits per heavy atom. The van der Waals surface area contributed by atoms with Crippen molar-refractivity contribution in [2.75, 3.05) is 0 Å². The molecule has 0 saturated heterocycles. The molecule has 0 aromatic heterocycles. The van der Waals surface area contributed by atoms with E-state index >= 15 is 0 Å². The van der Waals surface area contributed by atoms with Crippen LogP contribution in [0.4, 0.5) is 0 Å². The Labute approximate surface area is 61.2 Å². The lowest BCUT2D eigenvalue weighted by Gasteiger charge is -2.23. The molecular weight excluding hydrogens is 134 g/mol. The third kappa shape index (κ3) is 1.90. The van der Waals surface area contributed by atoms with Crippen molar-refractivity contribution in [3.8, 4) is 0 Å². The van der Waals surface area contributed by atoms with E-state index in [9.17, 15) is 4.79 Å². The number of hydrogen-bond acceptors (Lipinski definition) is 2. The van der Waals surface area contributed by atoms with Crippen LogP contribution < -0.4 is 5.73 Å². The highest BCUT2D eigenvalue weighted by molar-refractivity contribution is 7.82. The molecule has 3 heteroatoms. The minimum Gasteiger partial charge on any atom is -0.368 e. The smallest absolute Gasteiger partial charge is 0.233 e. The average molecular weight is 147 g/mol. The van der Waals surface area contributed by atoms with Crippen molar-refractivity contribution in [2.24, 2.45) is 11.7 Å². The maximum absolute atomic E-state index is 10.6. The van der Waals surface area contributed by atoms with Gasteiger partial charge in [-0.25, -0.2) is 0 Å². The molecule has 0 heterocycles. The first-order valence-electron chi connectivity index (χ1n) is 2.91. The molecule has 0 aromatic rings. The van der Waals surface area contributed by atoms with Gasteiger partial charge in [-0.3, -0.25) is 4.79 Å². The number of carbonyl (C=O) groups excluding carboxylic acids is 1. The first-order chi connectivity index (χ1) is 3.89. The highest BCUT2D eigenvalue weighted by Crippen LogP contribution is 2.22. The summed E-state index contributed by atoms with van der Waals surface area (Å²) in [7, 11) is 0. The number of nitrogens with two attached hydrogens (primary N) is 1. The Balaban J connectivity index is 4.19. The van der Waals surface area contributed by atoms with Crippen molar-refractivity contribution < 1.29 is 4.79 Å². The van der Waals surface area contributed by atoms with Crippen LogP contribution >= 0.6 is 12.6 Å². The van der Waals surface area contributed by atoms with Crippen LogP contribution in [0.25, 0.3) is 0 Å². The van der Waals surface area contributed by atoms with E-state index in [4.69, 9.17) is 5.73 Å². The summed E-state index contributed by atoms with van der Waals surface area (Å²) in [6.45, 7) is 5.55. The average Bonchev–Trinajstić information content (AvgIpc) is 1.65. The van der Waals surface area contributed by atoms with Crippen molar-refractivity contribution in [2.45, 2.75) is 25.5 Å². The standard InChI is InChI=1S/C6H13NOS/c1-4(2)6(3,9)5(7)8/h4,9H,1-3H3,(H2,7,8)/t6-/m1/s1. The Morgan fingerprint density at radius 2 is 2.00 bits per heavy atom. The van der Waals surface area contributed by atoms with E-state index in [1.807, 2.05) is 13.8 Å². The molecular formula is C6H13NOS. The predicted octanol–water partition coefficient (Wildman–Crippen LogP) is 0.816. The minimum absolute atomic E-state index is 0.179. The van der Waals surface area contributed by atoms with Gasteiger partial charge < -0.3 is 5.73 Å². The summed E-state index contributed by atoms with van der Waals surface area (Å²) in [5, 5.41) is 0. The zero-order valence-corrected chi connectivity index (χ0v) is 6.90. The predicted molar refractivity (Wildman–Crippen MR) is 41.4 cm³/mol. The number of thiol groups is 1. The van der Waals surface area contributed by atoms with Gasteiger partial charge >= 0.3 is 0 Å². The van der Waals surface area contributed by atoms with Crippen molar-refractivity contribution in [3.63, 3.8) is 0 Å². The van der Waals surface area contributed by atoms with Crippen LogP contribution in [0.15, 0.2) is 0 Å². The molecule has 0 bridgehead atoms. The lowest BCUT2D eigenvalue weighted by Crippen LogP contribution is -2.40. The van der Waals surface area contributed by atoms with Crippen molar-refractivity contribution in [1.82, 2.24) is 0 Å². The lowest BCUT2D eigenvalue weighted by molar-refractivity contribution is -0.120. The molecule has 0 radical (unpaired) electrons. The van der Waals surface area contributed by atoms with Gasteiger partial charge in [-0.05, 0) is 12.8 Å². The van der Waals surface area contributed by atoms with Gasteiger partial charge in [0.05, 0.1) is 4.75 Å². The molecule has 0 aromatic carbocycles. The van der Waals surface area contributed by atoms with E-state index in [2.05, 4.69) is 12.6 Å². The molecule has 0 rings (SSSR count). The van der Waals surface area contributed by atoms with E-state index in [1.54, 1.807) is 6.92 Å². The zero-order chi connectivity index (χ0) is 7.65. The van der Waals surface area contributed by atoms with Crippen LogP contribution in [0, 0.1) is 5.92 Å². The van der Waals surface area contributed by atoms with Gasteiger partial charge in [0, 0.05) is 0 Å². The van der Waals surface area contributed by atoms with Crippen molar-refractivity contribution in [3.05, 3.63) is 0 Å². The van der Waals surface area contributed by atoms with E-state index in [0.717, 1.165) is 0 Å². The van der Waals surface area contributed by atoms with Crippen LogP contribution in [-0.4, -0.2) is 10.7 Å². The lowest BCUT2D eigenvalue weighted by atomic mass is 9.96. The molecule has 0 aliphatic rings. The SMILES string of the molecule is CC(C)[C@@](C)(S)C(N)=O. The molecule has 2 N–H and O–H groups in total. The Morgan fingerprint density at radius 1 is 1.67 bits per heavy atom. The van der Waals surface area contributed by atoms with Crippen LogP contribution in [0.1, 0.15) is 20.8 Å². The number of amides is 1. The summed E-state index contributed by atoms with van der Waals surface area (Å²) < 4.78 is -0.667. The molecule has 0 spiro atoms. The largest absolute Gasteiger partial charge is 0.368 e. The highest BCUT2D eigenvalue weighted by Gasteiger charge is 2.29. The summed E-state index contributed by atoms with van der Waals surface area (Å²) in [5.74, 6) is -0.181. The molecule has 54 valence electrons. The van der Waals surface area contributed by atoms with Crippen molar-refractivity contribution in [1.29, 1.82) is 0 Å². The summed E-state index contributed by atoms with van der Waals surface area (Å²) in [4.78, 5) is 10.6. The second-order valence-electron chi connectivity index (χ2n) is 2.67. The third-order valence-electron chi connectivity index (χ3n) is 1.62. The molecule has 0 fully saturated rings. The molecule has 1 amide bonds. The normalized spacial score (nSPS) is 17.4. The quantitative estimate of drug-likeness (QED) is 0.558. The Kier molecular flexibility index (Phi) is 2.55. The van der Waals surface area contributed by atoms with Gasteiger partial charge in [0.1, 0.15) is 0 Å². The fourth-order valence-electron chi connectivity index (χ4n) is 0.285. The van der Waals surface area contributed by atoms with E-state index in [-0.39, 0.29) is 11.8 Å². The molecule has 0 aliphatic heterocycles. The molecule has 0 aliphatic carbocycles. The van der Waals surface area contributed by atoms with E-state index < -0.39 is 4.75 Å². The monoisotopic (exact) mass is 147 g/mol. The first-order valence-corrected chi connectivity index (χ1v) is 3.36. The Bertz CT molecular complexity index is 120. The van der Waals surface area contributed by atoms with Gasteiger partial charge in [0.15, 0.2) is 0 Å². The molecule has 0 saturated carbocycles. The summed E-state index contributed by atoms with van der Waals surface area (Å²) in [5.41, 5.74) is 5.06. The highest BCUT2D eigenvalue weighted by atomic mass is 32.1. The third-order valence-corrected chi connectivity index (χ3v) is 2.36. The zero-order valence-electron chi connectivity index (χ0n) is 6.01. The summed E-state index contributed by atoms with van der Waals surface area (Å²) >= 11 is 4.10. The number of hydrogen-bond donors (Lipinski definition) is 2. The van der Waals surface area contributed by atoms with Crippen LogP contribution in [0.3, 0.4) is 0 Å². The maximum Gasteiger partial charge on any atom is 0.233 e. The summed E-state index contributed by atoms with van der Waals surface area (Å²) in [6, 6.07) is 0. The van der Waals surface area contributed by atoms with Gasteiger partial charge in [-0.2, -0.15) is 12.6 Å².